The predicted octanol–water partition coefficient (Wildman–Crippen LogP) is 13.8. The van der Waals surface area contributed by atoms with Gasteiger partial charge >= 0.3 is 7.12 Å². The molecule has 10 nitrogen and oxygen atoms in total. The highest BCUT2D eigenvalue weighted by molar-refractivity contribution is 9.11. The van der Waals surface area contributed by atoms with E-state index in [0.29, 0.717) is 49.0 Å². The number of para-hydroxylation sites is 2. The molecule has 0 radical (unpaired) electrons. The van der Waals surface area contributed by atoms with Crippen molar-refractivity contribution < 1.29 is 45.3 Å². The Kier molecular flexibility index (Phi) is 15.0. The Morgan fingerprint density at radius 2 is 1.11 bits per heavy atom. The fraction of sp³-hybridized carbons (Fsp3) is 0.200. The summed E-state index contributed by atoms with van der Waals surface area (Å²) in [4.78, 5) is 33.9. The summed E-state index contributed by atoms with van der Waals surface area (Å²) in [6, 6.07) is 20.4. The highest BCUT2D eigenvalue weighted by Crippen LogP contribution is 2.39. The number of anilines is 2. The van der Waals surface area contributed by atoms with Crippen LogP contribution in [0.4, 0.5) is 28.9 Å². The number of oxazole rings is 2. The third-order valence-electron chi connectivity index (χ3n) is 10.0. The van der Waals surface area contributed by atoms with E-state index in [2.05, 4.69) is 36.5 Å². The van der Waals surface area contributed by atoms with E-state index in [0.717, 1.165) is 55.2 Å². The zero-order valence-corrected chi connectivity index (χ0v) is 39.2. The summed E-state index contributed by atoms with van der Waals surface area (Å²) >= 11 is 18.2. The van der Waals surface area contributed by atoms with Gasteiger partial charge in [-0.1, -0.05) is 42.8 Å². The Morgan fingerprint density at radius 1 is 0.662 bits per heavy atom. The summed E-state index contributed by atoms with van der Waals surface area (Å²) in [5.41, 5.74) is 2.42. The molecular weight excluding hydrogens is 994 g/mol. The summed E-state index contributed by atoms with van der Waals surface area (Å²) < 4.78 is 77.8. The van der Waals surface area contributed by atoms with Crippen LogP contribution in [0.5, 0.6) is 0 Å². The first-order valence-corrected chi connectivity index (χ1v) is 22.2. The number of hydrogen-bond donors (Lipinski definition) is 2. The lowest BCUT2D eigenvalue weighted by atomic mass is 9.79. The average Bonchev–Trinajstić information content (AvgIpc) is 4.05. The third-order valence-corrected chi connectivity index (χ3v) is 13.4. The monoisotopic (exact) mass is 1030 g/mol. The summed E-state index contributed by atoms with van der Waals surface area (Å²) in [6.45, 7) is 11.6. The second-order valence-corrected chi connectivity index (χ2v) is 19.4. The minimum Gasteiger partial charge on any atom is -0.441 e. The molecule has 0 spiro atoms. The number of thiophene rings is 2. The summed E-state index contributed by atoms with van der Waals surface area (Å²) in [5.74, 6) is -3.28. The van der Waals surface area contributed by atoms with E-state index >= 15 is 0 Å². The van der Waals surface area contributed by atoms with E-state index in [1.807, 2.05) is 40.7 Å². The van der Waals surface area contributed by atoms with E-state index in [4.69, 9.17) is 41.3 Å². The minimum atomic E-state index is -0.839. The number of aromatic nitrogens is 2. The highest BCUT2D eigenvalue weighted by Gasteiger charge is 2.52. The standard InChI is InChI=1S/C19H11ClF2N2O2S.C14H17BClNO3.C11H6BrF2NOS.CH4/c1-9-23-14-8-11(20)10(7-15(14)26-9)16-5-6-17(27-16)19(25)24-18-12(21)3-2-4-13(18)22;1-8-17-11-7-10(16)9(6-12(11)18-8)15-19-13(2,3)14(4,5)20-15;12-9-5-4-8(17-9)11(16)15-10-6(13)2-1-3-7(10)14;/h2-8H,1H3,(H,24,25);6-7H,1-5H3;1-5H,(H,15,16);1H4. The van der Waals surface area contributed by atoms with E-state index in [1.54, 1.807) is 49.4 Å². The maximum atomic E-state index is 13.7. The lowest BCUT2D eigenvalue weighted by Gasteiger charge is -2.32. The molecule has 8 aromatic rings. The number of carbonyl (C=O) groups excluding carboxylic acids is 2. The molecule has 1 aliphatic rings. The SMILES string of the molecule is C.Cc1nc2cc(Cl)c(-c3ccc(C(=O)Nc4c(F)cccc4F)s3)cc2o1.Cc1nc2cc(Cl)c(B3OC(C)(C)C(C)(C)O3)cc2o1.O=C(Nc1c(F)cccc1F)c1ccc(Br)s1. The first kappa shape index (κ1) is 49.4. The second-order valence-electron chi connectivity index (χ2n) is 15.1. The average molecular weight is 1030 g/mol. The molecule has 2 amide bonds. The van der Waals surface area contributed by atoms with Crippen LogP contribution in [0.2, 0.25) is 10.0 Å². The lowest BCUT2D eigenvalue weighted by molar-refractivity contribution is 0.00578. The van der Waals surface area contributed by atoms with Gasteiger partial charge in [0.1, 0.15) is 45.7 Å². The van der Waals surface area contributed by atoms with Crippen LogP contribution < -0.4 is 16.1 Å². The first-order chi connectivity index (χ1) is 30.2. The fourth-order valence-electron chi connectivity index (χ4n) is 6.11. The molecule has 4 aromatic carbocycles. The zero-order valence-electron chi connectivity index (χ0n) is 34.5. The van der Waals surface area contributed by atoms with Crippen molar-refractivity contribution in [1.29, 1.82) is 0 Å². The summed E-state index contributed by atoms with van der Waals surface area (Å²) in [5, 5.41) is 5.51. The summed E-state index contributed by atoms with van der Waals surface area (Å²) in [7, 11) is -0.498. The molecule has 65 heavy (non-hydrogen) atoms. The number of nitrogens with zero attached hydrogens (tertiary/aromatic N) is 2. The van der Waals surface area contributed by atoms with E-state index < -0.39 is 64.8 Å². The van der Waals surface area contributed by atoms with Crippen molar-refractivity contribution in [3.8, 4) is 10.4 Å². The predicted molar refractivity (Wildman–Crippen MR) is 254 cm³/mol. The molecule has 338 valence electrons. The number of carbonyl (C=O) groups is 2. The van der Waals surface area contributed by atoms with Crippen molar-refractivity contribution in [1.82, 2.24) is 9.97 Å². The molecule has 2 N–H and O–H groups in total. The molecule has 1 saturated heterocycles. The van der Waals surface area contributed by atoms with Crippen LogP contribution in [0, 0.1) is 37.1 Å². The number of fused-ring (bicyclic) bond motifs is 2. The number of benzene rings is 4. The van der Waals surface area contributed by atoms with Crippen LogP contribution in [0.25, 0.3) is 32.6 Å². The number of nitrogens with one attached hydrogen (secondary N) is 2. The Bertz CT molecular complexity index is 3010. The molecule has 0 atom stereocenters. The van der Waals surface area contributed by atoms with Crippen molar-refractivity contribution in [2.24, 2.45) is 0 Å². The van der Waals surface area contributed by atoms with Gasteiger partial charge in [-0.2, -0.15) is 0 Å². The van der Waals surface area contributed by atoms with Gasteiger partial charge in [-0.3, -0.25) is 9.59 Å². The Balaban J connectivity index is 0.000000165. The van der Waals surface area contributed by atoms with Gasteiger partial charge in [-0.05, 0) is 116 Å². The van der Waals surface area contributed by atoms with Gasteiger partial charge in [0.05, 0.1) is 29.8 Å². The van der Waals surface area contributed by atoms with Crippen molar-refractivity contribution in [2.45, 2.75) is 60.2 Å². The second kappa shape index (κ2) is 19.8. The Hall–Kier alpha value is -5.08. The number of rotatable bonds is 6. The zero-order chi connectivity index (χ0) is 46.2. The van der Waals surface area contributed by atoms with Crippen LogP contribution in [0.15, 0.2) is 97.5 Å². The van der Waals surface area contributed by atoms with Gasteiger partial charge in [0.2, 0.25) is 0 Å². The van der Waals surface area contributed by atoms with E-state index in [1.165, 1.54) is 23.5 Å². The number of amides is 2. The largest absolute Gasteiger partial charge is 0.496 e. The smallest absolute Gasteiger partial charge is 0.441 e. The molecule has 1 aliphatic heterocycles. The maximum Gasteiger partial charge on any atom is 0.496 e. The highest BCUT2D eigenvalue weighted by atomic mass is 79.9. The van der Waals surface area contributed by atoms with Gasteiger partial charge in [-0.25, -0.2) is 27.5 Å². The molecule has 0 saturated carbocycles. The van der Waals surface area contributed by atoms with Crippen molar-refractivity contribution >= 4 is 120 Å². The topological polar surface area (TPSA) is 129 Å². The molecule has 0 bridgehead atoms. The van der Waals surface area contributed by atoms with Crippen LogP contribution in [-0.4, -0.2) is 40.1 Å². The van der Waals surface area contributed by atoms with Gasteiger partial charge in [0, 0.05) is 34.8 Å². The minimum absolute atomic E-state index is 0. The third kappa shape index (κ3) is 11.0. The number of aryl methyl sites for hydroxylation is 2. The molecule has 0 aliphatic carbocycles. The van der Waals surface area contributed by atoms with Gasteiger partial charge in [0.25, 0.3) is 11.8 Å². The van der Waals surface area contributed by atoms with Crippen molar-refractivity contribution in [3.05, 3.63) is 144 Å². The van der Waals surface area contributed by atoms with Crippen molar-refractivity contribution in [3.63, 3.8) is 0 Å². The first-order valence-electron chi connectivity index (χ1n) is 19.0. The lowest BCUT2D eigenvalue weighted by Crippen LogP contribution is -2.41. The number of hydrogen-bond acceptors (Lipinski definition) is 10. The van der Waals surface area contributed by atoms with Gasteiger partial charge in [-0.15, -0.1) is 22.7 Å². The Labute approximate surface area is 397 Å². The summed E-state index contributed by atoms with van der Waals surface area (Å²) in [6.07, 6.45) is 0. The quantitative estimate of drug-likeness (QED) is 0.124. The molecule has 5 heterocycles. The van der Waals surface area contributed by atoms with Crippen molar-refractivity contribution in [2.75, 3.05) is 10.6 Å². The molecule has 1 fully saturated rings. The van der Waals surface area contributed by atoms with Crippen LogP contribution >= 0.6 is 61.8 Å². The fourth-order valence-corrected chi connectivity index (χ4v) is 8.88. The molecule has 20 heteroatoms. The molecule has 4 aromatic heterocycles. The number of halogens is 7. The maximum absolute atomic E-state index is 13.7. The van der Waals surface area contributed by atoms with Crippen LogP contribution in [0.3, 0.4) is 0 Å². The molecular formula is C45H38BBrCl2F4N4O6S2. The van der Waals surface area contributed by atoms with Gasteiger partial charge in [0.15, 0.2) is 22.9 Å². The molecule has 9 rings (SSSR count). The van der Waals surface area contributed by atoms with Crippen LogP contribution in [0.1, 0.15) is 66.2 Å². The van der Waals surface area contributed by atoms with Gasteiger partial charge < -0.3 is 28.8 Å². The van der Waals surface area contributed by atoms with E-state index in [9.17, 15) is 27.2 Å². The molecule has 0 unspecified atom stereocenters. The Morgan fingerprint density at radius 3 is 1.58 bits per heavy atom. The van der Waals surface area contributed by atoms with E-state index in [-0.39, 0.29) is 12.3 Å². The van der Waals surface area contributed by atoms with Crippen LogP contribution in [-0.2, 0) is 9.31 Å². The normalized spacial score (nSPS) is 13.7.